The van der Waals surface area contributed by atoms with Crippen molar-refractivity contribution in [2.24, 2.45) is 0 Å². The third-order valence-corrected chi connectivity index (χ3v) is 3.26. The molecule has 0 saturated heterocycles. The van der Waals surface area contributed by atoms with Gasteiger partial charge in [-0.05, 0) is 0 Å². The predicted molar refractivity (Wildman–Crippen MR) is 50.2 cm³/mol. The minimum atomic E-state index is -0.769. The average molecular weight is 212 g/mol. The van der Waals surface area contributed by atoms with Crippen LogP contribution in [0.1, 0.15) is 6.42 Å². The van der Waals surface area contributed by atoms with Crippen molar-refractivity contribution >= 4 is 27.6 Å². The Morgan fingerprint density at radius 2 is 2.00 bits per heavy atom. The van der Waals surface area contributed by atoms with Crippen molar-refractivity contribution in [3.63, 3.8) is 0 Å². The van der Waals surface area contributed by atoms with Gasteiger partial charge in [0.15, 0.2) is 0 Å². The first-order chi connectivity index (χ1) is 5.77. The van der Waals surface area contributed by atoms with Crippen molar-refractivity contribution in [3.8, 4) is 0 Å². The van der Waals surface area contributed by atoms with Crippen LogP contribution in [0.2, 0.25) is 0 Å². The van der Waals surface area contributed by atoms with Crippen LogP contribution in [0, 0.1) is 0 Å². The van der Waals surface area contributed by atoms with Gasteiger partial charge in [0, 0.05) is 11.5 Å². The molecule has 0 aliphatic heterocycles. The number of hydrogen-bond acceptors (Lipinski definition) is 5. The highest BCUT2D eigenvalue weighted by molar-refractivity contribution is 8.76. The van der Waals surface area contributed by atoms with Gasteiger partial charge in [-0.3, -0.25) is 4.79 Å². The quantitative estimate of drug-likeness (QED) is 0.352. The third-order valence-electron chi connectivity index (χ3n) is 0.885. The van der Waals surface area contributed by atoms with Gasteiger partial charge in [0.25, 0.3) is 0 Å². The lowest BCUT2D eigenvalue weighted by Crippen LogP contribution is -1.98. The minimum absolute atomic E-state index is 0.193. The standard InChI is InChI=1S/C6H12O4S2/c7-5-10-2-4-12-11-3-1-6(8)9/h7H,1-5H2,(H,8,9). The second-order valence-electron chi connectivity index (χ2n) is 1.83. The lowest BCUT2D eigenvalue weighted by Gasteiger charge is -1.99. The Labute approximate surface area is 79.1 Å². The smallest absolute Gasteiger partial charge is 0.304 e. The molecule has 0 unspecified atom stereocenters. The maximum absolute atomic E-state index is 10.1. The molecule has 0 heterocycles. The highest BCUT2D eigenvalue weighted by atomic mass is 33.1. The third kappa shape index (κ3) is 10.1. The van der Waals surface area contributed by atoms with E-state index in [1.54, 1.807) is 10.8 Å². The molecule has 0 saturated carbocycles. The molecule has 0 aliphatic carbocycles. The number of carboxylic acid groups (broad SMARTS) is 1. The fourth-order valence-electron chi connectivity index (χ4n) is 0.404. The fourth-order valence-corrected chi connectivity index (χ4v) is 2.25. The van der Waals surface area contributed by atoms with Crippen LogP contribution < -0.4 is 0 Å². The molecule has 0 atom stereocenters. The summed E-state index contributed by atoms with van der Waals surface area (Å²) in [4.78, 5) is 10.1. The van der Waals surface area contributed by atoms with Gasteiger partial charge in [0.05, 0.1) is 13.0 Å². The Hall–Kier alpha value is 0.0900. The Kier molecular flexibility index (Phi) is 9.25. The zero-order valence-corrected chi connectivity index (χ0v) is 8.20. The van der Waals surface area contributed by atoms with Crippen LogP contribution in [0.25, 0.3) is 0 Å². The van der Waals surface area contributed by atoms with E-state index in [9.17, 15) is 4.79 Å². The highest BCUT2D eigenvalue weighted by Crippen LogP contribution is 2.21. The molecule has 0 spiro atoms. The normalized spacial score (nSPS) is 10.1. The van der Waals surface area contributed by atoms with E-state index in [-0.39, 0.29) is 13.2 Å². The topological polar surface area (TPSA) is 66.8 Å². The summed E-state index contributed by atoms with van der Waals surface area (Å²) in [5, 5.41) is 16.5. The minimum Gasteiger partial charge on any atom is -0.481 e. The lowest BCUT2D eigenvalue weighted by atomic mass is 10.5. The monoisotopic (exact) mass is 212 g/mol. The van der Waals surface area contributed by atoms with Gasteiger partial charge in [-0.2, -0.15) is 0 Å². The van der Waals surface area contributed by atoms with Crippen molar-refractivity contribution in [3.05, 3.63) is 0 Å². The summed E-state index contributed by atoms with van der Waals surface area (Å²) in [5.74, 6) is 0.610. The zero-order chi connectivity index (χ0) is 9.23. The van der Waals surface area contributed by atoms with E-state index in [0.29, 0.717) is 12.4 Å². The summed E-state index contributed by atoms with van der Waals surface area (Å²) in [6, 6.07) is 0. The molecule has 12 heavy (non-hydrogen) atoms. The van der Waals surface area contributed by atoms with E-state index < -0.39 is 5.97 Å². The van der Waals surface area contributed by atoms with E-state index in [0.717, 1.165) is 5.75 Å². The second-order valence-corrected chi connectivity index (χ2v) is 4.53. The molecule has 6 heteroatoms. The van der Waals surface area contributed by atoms with E-state index in [1.165, 1.54) is 10.8 Å². The number of ether oxygens (including phenoxy) is 1. The Bertz CT molecular complexity index is 120. The molecule has 0 fully saturated rings. The maximum atomic E-state index is 10.1. The van der Waals surface area contributed by atoms with Gasteiger partial charge in [-0.15, -0.1) is 0 Å². The van der Waals surface area contributed by atoms with Crippen LogP contribution >= 0.6 is 21.6 Å². The van der Waals surface area contributed by atoms with Crippen LogP contribution in [0.15, 0.2) is 0 Å². The van der Waals surface area contributed by atoms with E-state index in [2.05, 4.69) is 4.74 Å². The molecular weight excluding hydrogens is 200 g/mol. The molecule has 0 aromatic rings. The fraction of sp³-hybridized carbons (Fsp3) is 0.833. The summed E-state index contributed by atoms with van der Waals surface area (Å²) in [7, 11) is 3.06. The number of aliphatic hydroxyl groups is 1. The van der Waals surface area contributed by atoms with E-state index in [4.69, 9.17) is 10.2 Å². The molecule has 0 aromatic carbocycles. The largest absolute Gasteiger partial charge is 0.481 e. The summed E-state index contributed by atoms with van der Waals surface area (Å²) in [5.41, 5.74) is 0. The van der Waals surface area contributed by atoms with Gasteiger partial charge in [-0.1, -0.05) is 21.6 Å². The molecule has 0 radical (unpaired) electrons. The molecule has 0 amide bonds. The number of rotatable bonds is 8. The number of carbonyl (C=O) groups is 1. The molecule has 2 N–H and O–H groups in total. The molecule has 0 bridgehead atoms. The van der Waals surface area contributed by atoms with Crippen molar-refractivity contribution in [2.45, 2.75) is 6.42 Å². The molecule has 0 aromatic heterocycles. The molecule has 4 nitrogen and oxygen atoms in total. The lowest BCUT2D eigenvalue weighted by molar-refractivity contribution is -0.136. The van der Waals surface area contributed by atoms with Gasteiger partial charge in [0.1, 0.15) is 6.79 Å². The van der Waals surface area contributed by atoms with Crippen molar-refractivity contribution < 1.29 is 19.7 Å². The number of aliphatic hydroxyl groups excluding tert-OH is 1. The van der Waals surface area contributed by atoms with Crippen LogP contribution in [0.4, 0.5) is 0 Å². The molecule has 0 aliphatic rings. The number of aliphatic carboxylic acids is 1. The number of hydrogen-bond donors (Lipinski definition) is 2. The first kappa shape index (κ1) is 12.1. The van der Waals surface area contributed by atoms with Crippen molar-refractivity contribution in [1.82, 2.24) is 0 Å². The van der Waals surface area contributed by atoms with Crippen LogP contribution in [-0.2, 0) is 9.53 Å². The Morgan fingerprint density at radius 3 is 2.58 bits per heavy atom. The summed E-state index contributed by atoms with van der Waals surface area (Å²) in [6.45, 7) is 0.252. The van der Waals surface area contributed by atoms with Gasteiger partial charge in [-0.25, -0.2) is 0 Å². The Morgan fingerprint density at radius 1 is 1.33 bits per heavy atom. The van der Waals surface area contributed by atoms with Crippen molar-refractivity contribution in [2.75, 3.05) is 24.9 Å². The molecular formula is C6H12O4S2. The van der Waals surface area contributed by atoms with E-state index in [1.807, 2.05) is 0 Å². The maximum Gasteiger partial charge on any atom is 0.304 e. The Balaban J connectivity index is 2.86. The van der Waals surface area contributed by atoms with Crippen LogP contribution in [0.3, 0.4) is 0 Å². The summed E-state index contributed by atoms with van der Waals surface area (Å²) < 4.78 is 4.67. The van der Waals surface area contributed by atoms with Gasteiger partial charge in [0.2, 0.25) is 0 Å². The summed E-state index contributed by atoms with van der Waals surface area (Å²) >= 11 is 0. The second kappa shape index (κ2) is 9.18. The van der Waals surface area contributed by atoms with E-state index >= 15 is 0 Å². The van der Waals surface area contributed by atoms with Crippen LogP contribution in [0.5, 0.6) is 0 Å². The first-order valence-corrected chi connectivity index (χ1v) is 5.91. The zero-order valence-electron chi connectivity index (χ0n) is 6.56. The molecule has 72 valence electrons. The van der Waals surface area contributed by atoms with Crippen LogP contribution in [-0.4, -0.2) is 41.1 Å². The first-order valence-electron chi connectivity index (χ1n) is 3.42. The van der Waals surface area contributed by atoms with Crippen molar-refractivity contribution in [1.29, 1.82) is 0 Å². The van der Waals surface area contributed by atoms with Gasteiger partial charge < -0.3 is 14.9 Å². The average Bonchev–Trinajstić information content (AvgIpc) is 2.02. The predicted octanol–water partition coefficient (Wildman–Crippen LogP) is 0.809. The summed E-state index contributed by atoms with van der Waals surface area (Å²) in [6.07, 6.45) is 0.193. The highest BCUT2D eigenvalue weighted by Gasteiger charge is 1.96. The number of carboxylic acids is 1. The SMILES string of the molecule is O=C(O)CCSSCCOCO. The molecule has 0 rings (SSSR count). The van der Waals surface area contributed by atoms with Gasteiger partial charge >= 0.3 is 5.97 Å².